The number of hydrogen-bond acceptors (Lipinski definition) is 4. The topological polar surface area (TPSA) is 73.2 Å². The summed E-state index contributed by atoms with van der Waals surface area (Å²) in [5.74, 6) is 0.194. The lowest BCUT2D eigenvalue weighted by atomic mass is 9.82. The number of rotatable bonds is 7. The number of ether oxygens (including phenoxy) is 1. The van der Waals surface area contributed by atoms with Gasteiger partial charge in [-0.15, -0.1) is 0 Å². The molecule has 0 unspecified atom stereocenters. The summed E-state index contributed by atoms with van der Waals surface area (Å²) in [7, 11) is 1.45. The molecular formula is C30H31N3O3. The molecule has 2 aromatic carbocycles. The van der Waals surface area contributed by atoms with Crippen LogP contribution in [0, 0.1) is 11.8 Å². The number of pyridine rings is 1. The van der Waals surface area contributed by atoms with Crippen molar-refractivity contribution in [2.24, 2.45) is 11.8 Å². The van der Waals surface area contributed by atoms with Gasteiger partial charge < -0.3 is 14.6 Å². The molecule has 0 atom stereocenters. The Morgan fingerprint density at radius 1 is 0.944 bits per heavy atom. The van der Waals surface area contributed by atoms with Crippen LogP contribution in [0.25, 0.3) is 22.0 Å². The first-order valence-electron chi connectivity index (χ1n) is 12.6. The summed E-state index contributed by atoms with van der Waals surface area (Å²) in [5, 5.41) is 4.17. The molecule has 2 heterocycles. The third-order valence-corrected chi connectivity index (χ3v) is 7.23. The predicted molar refractivity (Wildman–Crippen MR) is 141 cm³/mol. The molecule has 0 spiro atoms. The summed E-state index contributed by atoms with van der Waals surface area (Å²) >= 11 is 0. The summed E-state index contributed by atoms with van der Waals surface area (Å²) in [6.45, 7) is 1.20. The molecule has 0 radical (unpaired) electrons. The second-order valence-electron chi connectivity index (χ2n) is 9.54. The maximum Gasteiger partial charge on any atom is 0.308 e. The Morgan fingerprint density at radius 3 is 2.47 bits per heavy atom. The van der Waals surface area contributed by atoms with Crippen molar-refractivity contribution >= 4 is 22.8 Å². The van der Waals surface area contributed by atoms with Crippen molar-refractivity contribution < 1.29 is 14.3 Å². The lowest BCUT2D eigenvalue weighted by Gasteiger charge is -2.27. The van der Waals surface area contributed by atoms with Gasteiger partial charge in [-0.3, -0.25) is 14.6 Å². The smallest absolute Gasteiger partial charge is 0.308 e. The number of carbonyl (C=O) groups is 2. The summed E-state index contributed by atoms with van der Waals surface area (Å²) < 4.78 is 6.97. The minimum Gasteiger partial charge on any atom is -0.469 e. The van der Waals surface area contributed by atoms with E-state index in [-0.39, 0.29) is 17.8 Å². The largest absolute Gasteiger partial charge is 0.469 e. The number of nitrogens with zero attached hydrogens (tertiary/aromatic N) is 2. The van der Waals surface area contributed by atoms with E-state index in [2.05, 4.69) is 33.1 Å². The van der Waals surface area contributed by atoms with Crippen molar-refractivity contribution in [3.8, 4) is 11.1 Å². The molecule has 1 fully saturated rings. The minimum atomic E-state index is -0.117. The predicted octanol–water partition coefficient (Wildman–Crippen LogP) is 5.46. The van der Waals surface area contributed by atoms with Crippen molar-refractivity contribution in [2.75, 3.05) is 13.7 Å². The van der Waals surface area contributed by atoms with Gasteiger partial charge in [-0.2, -0.15) is 0 Å². The van der Waals surface area contributed by atoms with Gasteiger partial charge in [-0.25, -0.2) is 0 Å². The molecule has 1 amide bonds. The number of carbonyl (C=O) groups excluding carboxylic acids is 2. The molecule has 5 rings (SSSR count). The molecule has 2 aromatic heterocycles. The number of methoxy groups -OCH3 is 1. The summed E-state index contributed by atoms with van der Waals surface area (Å²) in [4.78, 5) is 29.7. The highest BCUT2D eigenvalue weighted by atomic mass is 16.5. The van der Waals surface area contributed by atoms with Crippen LogP contribution in [0.15, 0.2) is 79.1 Å². The first-order valence-corrected chi connectivity index (χ1v) is 12.6. The maximum absolute atomic E-state index is 13.2. The number of benzene rings is 2. The third-order valence-electron chi connectivity index (χ3n) is 7.23. The second kappa shape index (κ2) is 10.8. The van der Waals surface area contributed by atoms with Gasteiger partial charge in [-0.05, 0) is 55.4 Å². The van der Waals surface area contributed by atoms with Crippen molar-refractivity contribution in [2.45, 2.75) is 32.2 Å². The number of hydrogen-bond donors (Lipinski definition) is 1. The fourth-order valence-electron chi connectivity index (χ4n) is 5.17. The Labute approximate surface area is 211 Å². The van der Waals surface area contributed by atoms with E-state index in [1.54, 1.807) is 0 Å². The highest BCUT2D eigenvalue weighted by Crippen LogP contribution is 2.29. The van der Waals surface area contributed by atoms with Gasteiger partial charge in [0.2, 0.25) is 0 Å². The fraction of sp³-hybridized carbons (Fsp3) is 0.300. The second-order valence-corrected chi connectivity index (χ2v) is 9.54. The SMILES string of the molecule is COC(=O)[C@H]1CC[C@H](CNC(=O)c2cccc3ccn(Cc4ccc(-c5ccccc5)cn4)c23)CC1. The number of amides is 1. The molecular weight excluding hydrogens is 450 g/mol. The van der Waals surface area contributed by atoms with Gasteiger partial charge >= 0.3 is 5.97 Å². The number of aromatic nitrogens is 2. The van der Waals surface area contributed by atoms with Crippen LogP contribution < -0.4 is 5.32 Å². The van der Waals surface area contributed by atoms with E-state index in [1.165, 1.54) is 7.11 Å². The van der Waals surface area contributed by atoms with E-state index < -0.39 is 0 Å². The highest BCUT2D eigenvalue weighted by Gasteiger charge is 2.27. The molecule has 1 aliphatic carbocycles. The monoisotopic (exact) mass is 481 g/mol. The highest BCUT2D eigenvalue weighted by molar-refractivity contribution is 6.06. The van der Waals surface area contributed by atoms with Crippen LogP contribution in [0.5, 0.6) is 0 Å². The Morgan fingerprint density at radius 2 is 1.75 bits per heavy atom. The van der Waals surface area contributed by atoms with Crippen molar-refractivity contribution in [1.29, 1.82) is 0 Å². The molecule has 1 saturated carbocycles. The number of fused-ring (bicyclic) bond motifs is 1. The van der Waals surface area contributed by atoms with E-state index in [9.17, 15) is 9.59 Å². The van der Waals surface area contributed by atoms with E-state index >= 15 is 0 Å². The first kappa shape index (κ1) is 23.8. The van der Waals surface area contributed by atoms with Crippen molar-refractivity contribution in [3.63, 3.8) is 0 Å². The molecule has 6 nitrogen and oxygen atoms in total. The lowest BCUT2D eigenvalue weighted by Crippen LogP contribution is -2.33. The van der Waals surface area contributed by atoms with Gasteiger partial charge in [0.25, 0.3) is 5.91 Å². The quantitative estimate of drug-likeness (QED) is 0.356. The average molecular weight is 482 g/mol. The third kappa shape index (κ3) is 5.18. The van der Waals surface area contributed by atoms with Crippen molar-refractivity contribution in [1.82, 2.24) is 14.9 Å². The molecule has 1 aliphatic rings. The van der Waals surface area contributed by atoms with Gasteiger partial charge in [0.15, 0.2) is 0 Å². The van der Waals surface area contributed by atoms with Crippen LogP contribution in [0.3, 0.4) is 0 Å². The average Bonchev–Trinajstić information content (AvgIpc) is 3.35. The summed E-state index contributed by atoms with van der Waals surface area (Å²) in [5.41, 5.74) is 4.74. The van der Waals surface area contributed by atoms with Gasteiger partial charge in [0.1, 0.15) is 0 Å². The summed E-state index contributed by atoms with van der Waals surface area (Å²) in [6, 6.07) is 22.2. The Bertz CT molecular complexity index is 1340. The standard InChI is InChI=1S/C30H31N3O3/c1-36-30(35)24-12-10-21(11-13-24)18-32-29(34)27-9-5-8-23-16-17-33(28(23)27)20-26-15-14-25(19-31-26)22-6-3-2-4-7-22/h2-9,14-17,19,21,24H,10-13,18,20H2,1H3,(H,32,34)/t21-,24-. The molecule has 184 valence electrons. The normalized spacial score (nSPS) is 17.6. The maximum atomic E-state index is 13.2. The van der Waals surface area contributed by atoms with Crippen LogP contribution in [-0.4, -0.2) is 35.1 Å². The zero-order chi connectivity index (χ0) is 24.9. The fourth-order valence-corrected chi connectivity index (χ4v) is 5.17. The number of para-hydroxylation sites is 1. The van der Waals surface area contributed by atoms with Crippen LogP contribution in [0.4, 0.5) is 0 Å². The zero-order valence-electron chi connectivity index (χ0n) is 20.5. The Kier molecular flexibility index (Phi) is 7.12. The van der Waals surface area contributed by atoms with Gasteiger partial charge in [0, 0.05) is 29.9 Å². The number of nitrogens with one attached hydrogen (secondary N) is 1. The Hall–Kier alpha value is -3.93. The molecule has 0 bridgehead atoms. The zero-order valence-corrected chi connectivity index (χ0v) is 20.5. The first-order chi connectivity index (χ1) is 17.6. The number of esters is 1. The molecule has 0 aliphatic heterocycles. The van der Waals surface area contributed by atoms with Crippen molar-refractivity contribution in [3.05, 3.63) is 90.4 Å². The summed E-state index contributed by atoms with van der Waals surface area (Å²) in [6.07, 6.45) is 7.40. The van der Waals surface area contributed by atoms with E-state index in [0.29, 0.717) is 24.6 Å². The molecule has 4 aromatic rings. The van der Waals surface area contributed by atoms with Crippen LogP contribution in [-0.2, 0) is 16.1 Å². The van der Waals surface area contributed by atoms with Crippen LogP contribution >= 0.6 is 0 Å². The van der Waals surface area contributed by atoms with E-state index in [4.69, 9.17) is 4.74 Å². The minimum absolute atomic E-state index is 0.00524. The van der Waals surface area contributed by atoms with Gasteiger partial charge in [0.05, 0.1) is 36.3 Å². The van der Waals surface area contributed by atoms with E-state index in [1.807, 2.05) is 60.9 Å². The molecule has 36 heavy (non-hydrogen) atoms. The van der Waals surface area contributed by atoms with Crippen LogP contribution in [0.1, 0.15) is 41.7 Å². The lowest BCUT2D eigenvalue weighted by molar-refractivity contribution is -0.146. The van der Waals surface area contributed by atoms with E-state index in [0.717, 1.165) is 53.4 Å². The van der Waals surface area contributed by atoms with Gasteiger partial charge in [-0.1, -0.05) is 48.5 Å². The Balaban J connectivity index is 1.27. The molecule has 1 N–H and O–H groups in total. The molecule has 0 saturated heterocycles. The van der Waals surface area contributed by atoms with Crippen LogP contribution in [0.2, 0.25) is 0 Å². The molecule has 6 heteroatoms.